The van der Waals surface area contributed by atoms with E-state index in [2.05, 4.69) is 5.32 Å². The molecule has 0 amide bonds. The van der Waals surface area contributed by atoms with Crippen molar-refractivity contribution in [2.75, 3.05) is 26.2 Å². The molecular formula is C13H18Cl3F3N2. The summed E-state index contributed by atoms with van der Waals surface area (Å²) >= 11 is 5.95. The molecular weight excluding hydrogens is 348 g/mol. The van der Waals surface area contributed by atoms with Gasteiger partial charge in [0.25, 0.3) is 0 Å². The molecule has 0 spiro atoms. The van der Waals surface area contributed by atoms with Gasteiger partial charge in [0.05, 0.1) is 0 Å². The van der Waals surface area contributed by atoms with E-state index in [1.807, 2.05) is 0 Å². The van der Waals surface area contributed by atoms with Gasteiger partial charge in [-0.1, -0.05) is 23.7 Å². The van der Waals surface area contributed by atoms with Gasteiger partial charge in [0.2, 0.25) is 0 Å². The number of halogens is 6. The molecule has 1 N–H and O–H groups in total. The topological polar surface area (TPSA) is 15.3 Å². The van der Waals surface area contributed by atoms with Crippen molar-refractivity contribution in [3.63, 3.8) is 0 Å². The van der Waals surface area contributed by atoms with E-state index in [1.165, 1.54) is 17.0 Å². The van der Waals surface area contributed by atoms with Crippen molar-refractivity contribution < 1.29 is 13.2 Å². The average molecular weight is 366 g/mol. The van der Waals surface area contributed by atoms with Crippen LogP contribution in [-0.2, 0) is 0 Å². The molecule has 1 saturated heterocycles. The molecule has 1 heterocycles. The van der Waals surface area contributed by atoms with Crippen LogP contribution >= 0.6 is 36.4 Å². The first-order valence-electron chi connectivity index (χ1n) is 6.17. The maximum Gasteiger partial charge on any atom is 0.408 e. The lowest BCUT2D eigenvalue weighted by Crippen LogP contribution is -2.49. The van der Waals surface area contributed by atoms with Gasteiger partial charge in [-0.3, -0.25) is 4.90 Å². The second-order valence-corrected chi connectivity index (χ2v) is 5.15. The lowest BCUT2D eigenvalue weighted by Gasteiger charge is -2.36. The molecule has 2 nitrogen and oxygen atoms in total. The summed E-state index contributed by atoms with van der Waals surface area (Å²) in [6, 6.07) is 3.00. The first-order valence-corrected chi connectivity index (χ1v) is 6.55. The van der Waals surface area contributed by atoms with Gasteiger partial charge >= 0.3 is 6.18 Å². The molecule has 1 aromatic rings. The van der Waals surface area contributed by atoms with Crippen molar-refractivity contribution in [2.45, 2.75) is 19.1 Å². The van der Waals surface area contributed by atoms with E-state index in [0.717, 1.165) is 5.56 Å². The number of benzene rings is 1. The van der Waals surface area contributed by atoms with Crippen molar-refractivity contribution in [3.05, 3.63) is 34.3 Å². The second kappa shape index (κ2) is 8.44. The Kier molecular flexibility index (Phi) is 8.36. The zero-order valence-corrected chi connectivity index (χ0v) is 13.8. The van der Waals surface area contributed by atoms with Crippen LogP contribution in [-0.4, -0.2) is 37.3 Å². The second-order valence-electron chi connectivity index (χ2n) is 4.74. The maximum atomic E-state index is 13.3. The third kappa shape index (κ3) is 5.18. The Morgan fingerprint density at radius 1 is 1.19 bits per heavy atom. The molecule has 0 unspecified atom stereocenters. The molecule has 0 aliphatic carbocycles. The van der Waals surface area contributed by atoms with E-state index in [-0.39, 0.29) is 30.4 Å². The Morgan fingerprint density at radius 2 is 1.76 bits per heavy atom. The van der Waals surface area contributed by atoms with Crippen LogP contribution in [0.1, 0.15) is 17.2 Å². The van der Waals surface area contributed by atoms with Gasteiger partial charge in [-0.15, -0.1) is 24.8 Å². The summed E-state index contributed by atoms with van der Waals surface area (Å²) in [6.45, 7) is 3.70. The van der Waals surface area contributed by atoms with Crippen LogP contribution in [0, 0.1) is 6.92 Å². The molecule has 1 aliphatic rings. The van der Waals surface area contributed by atoms with Gasteiger partial charge in [-0.2, -0.15) is 13.2 Å². The minimum atomic E-state index is -4.30. The predicted molar refractivity (Wildman–Crippen MR) is 83.9 cm³/mol. The lowest BCUT2D eigenvalue weighted by atomic mass is 10.0. The van der Waals surface area contributed by atoms with Gasteiger partial charge < -0.3 is 5.32 Å². The molecule has 1 fully saturated rings. The summed E-state index contributed by atoms with van der Waals surface area (Å²) in [5.41, 5.74) is 0.997. The Bertz CT molecular complexity index is 449. The number of nitrogens with one attached hydrogen (secondary N) is 1. The fourth-order valence-electron chi connectivity index (χ4n) is 2.33. The molecule has 2 rings (SSSR count). The normalized spacial score (nSPS) is 17.6. The highest BCUT2D eigenvalue weighted by Crippen LogP contribution is 2.38. The van der Waals surface area contributed by atoms with Gasteiger partial charge in [-0.25, -0.2) is 0 Å². The third-order valence-electron chi connectivity index (χ3n) is 3.34. The van der Waals surface area contributed by atoms with Crippen molar-refractivity contribution >= 4 is 36.4 Å². The quantitative estimate of drug-likeness (QED) is 0.852. The van der Waals surface area contributed by atoms with Crippen molar-refractivity contribution in [3.8, 4) is 0 Å². The van der Waals surface area contributed by atoms with Crippen molar-refractivity contribution in [1.29, 1.82) is 0 Å². The fraction of sp³-hybridized carbons (Fsp3) is 0.538. The zero-order valence-electron chi connectivity index (χ0n) is 11.4. The molecule has 0 radical (unpaired) electrons. The van der Waals surface area contributed by atoms with E-state index in [0.29, 0.717) is 31.2 Å². The van der Waals surface area contributed by atoms with Crippen molar-refractivity contribution in [2.24, 2.45) is 0 Å². The SMILES string of the molecule is Cc1ccc([C@H](N2CCNCC2)C(F)(F)F)cc1Cl.Cl.Cl. The molecule has 8 heteroatoms. The summed E-state index contributed by atoms with van der Waals surface area (Å²) in [6.07, 6.45) is -4.30. The number of piperazine rings is 1. The van der Waals surface area contributed by atoms with E-state index in [4.69, 9.17) is 11.6 Å². The van der Waals surface area contributed by atoms with Gasteiger partial charge in [0, 0.05) is 31.2 Å². The molecule has 0 aromatic heterocycles. The molecule has 1 aromatic carbocycles. The predicted octanol–water partition coefficient (Wildman–Crippen LogP) is 4.00. The number of aryl methyl sites for hydroxylation is 1. The van der Waals surface area contributed by atoms with E-state index >= 15 is 0 Å². The molecule has 1 aliphatic heterocycles. The Morgan fingerprint density at radius 3 is 2.24 bits per heavy atom. The number of hydrogen-bond acceptors (Lipinski definition) is 2. The lowest BCUT2D eigenvalue weighted by molar-refractivity contribution is -0.187. The van der Waals surface area contributed by atoms with Gasteiger partial charge in [-0.05, 0) is 24.1 Å². The summed E-state index contributed by atoms with van der Waals surface area (Å²) in [5.74, 6) is 0. The highest BCUT2D eigenvalue weighted by Gasteiger charge is 2.44. The van der Waals surface area contributed by atoms with Crippen LogP contribution in [0.4, 0.5) is 13.2 Å². The fourth-order valence-corrected chi connectivity index (χ4v) is 2.52. The number of rotatable bonds is 2. The zero-order chi connectivity index (χ0) is 14.0. The monoisotopic (exact) mass is 364 g/mol. The standard InChI is InChI=1S/C13H16ClF3N2.2ClH/c1-9-2-3-10(8-11(9)14)12(13(15,16)17)19-6-4-18-5-7-19;;/h2-3,8,12,18H,4-7H2,1H3;2*1H/t12-;;/m0../s1. The summed E-state index contributed by atoms with van der Waals surface area (Å²) in [7, 11) is 0. The first kappa shape index (κ1) is 20.8. The molecule has 21 heavy (non-hydrogen) atoms. The first-order chi connectivity index (χ1) is 8.89. The van der Waals surface area contributed by atoms with Crippen LogP contribution in [0.2, 0.25) is 5.02 Å². The number of hydrogen-bond donors (Lipinski definition) is 1. The van der Waals surface area contributed by atoms with Crippen LogP contribution < -0.4 is 5.32 Å². The smallest absolute Gasteiger partial charge is 0.314 e. The summed E-state index contributed by atoms with van der Waals surface area (Å²) in [4.78, 5) is 1.46. The van der Waals surface area contributed by atoms with Crippen molar-refractivity contribution in [1.82, 2.24) is 10.2 Å². The van der Waals surface area contributed by atoms with Gasteiger partial charge in [0.15, 0.2) is 0 Å². The Labute approximate surface area is 139 Å². The maximum absolute atomic E-state index is 13.3. The van der Waals surface area contributed by atoms with E-state index in [1.54, 1.807) is 13.0 Å². The van der Waals surface area contributed by atoms with Crippen LogP contribution in [0.15, 0.2) is 18.2 Å². The third-order valence-corrected chi connectivity index (χ3v) is 3.75. The molecule has 0 saturated carbocycles. The van der Waals surface area contributed by atoms with Crippen LogP contribution in [0.3, 0.4) is 0 Å². The Hall–Kier alpha value is -0.200. The summed E-state index contributed by atoms with van der Waals surface area (Å²) in [5, 5.41) is 3.43. The largest absolute Gasteiger partial charge is 0.408 e. The van der Waals surface area contributed by atoms with Gasteiger partial charge in [0.1, 0.15) is 6.04 Å². The number of nitrogens with zero attached hydrogens (tertiary/aromatic N) is 1. The minimum Gasteiger partial charge on any atom is -0.314 e. The molecule has 1 atom stereocenters. The highest BCUT2D eigenvalue weighted by molar-refractivity contribution is 6.31. The minimum absolute atomic E-state index is 0. The van der Waals surface area contributed by atoms with E-state index < -0.39 is 12.2 Å². The highest BCUT2D eigenvalue weighted by atomic mass is 35.5. The number of alkyl halides is 3. The van der Waals surface area contributed by atoms with Crippen LogP contribution in [0.25, 0.3) is 0 Å². The Balaban J connectivity index is 0.00000200. The summed E-state index contributed by atoms with van der Waals surface area (Å²) < 4.78 is 40.0. The average Bonchev–Trinajstić information content (AvgIpc) is 2.34. The molecule has 0 bridgehead atoms. The van der Waals surface area contributed by atoms with E-state index in [9.17, 15) is 13.2 Å². The van der Waals surface area contributed by atoms with Crippen LogP contribution in [0.5, 0.6) is 0 Å². The molecule has 122 valence electrons.